The zero-order chi connectivity index (χ0) is 12.8. The summed E-state index contributed by atoms with van der Waals surface area (Å²) in [6, 6.07) is 0.184. The van der Waals surface area contributed by atoms with E-state index in [1.807, 2.05) is 20.8 Å². The molecule has 0 aromatic carbocycles. The fraction of sp³-hybridized carbons (Fsp3) is 0.700. The molecular formula is C10H19N5O2. The predicted octanol–water partition coefficient (Wildman–Crippen LogP) is 0.416. The maximum atomic E-state index is 10.7. The number of nitrogens with two attached hydrogens (primary N) is 1. The van der Waals surface area contributed by atoms with Crippen LogP contribution in [0.25, 0.3) is 0 Å². The molecule has 0 radical (unpaired) electrons. The van der Waals surface area contributed by atoms with Crippen molar-refractivity contribution in [2.75, 3.05) is 11.9 Å². The molecule has 0 aliphatic heterocycles. The third-order valence-electron chi connectivity index (χ3n) is 2.20. The highest BCUT2D eigenvalue weighted by Gasteiger charge is 2.14. The maximum absolute atomic E-state index is 10.7. The van der Waals surface area contributed by atoms with E-state index in [9.17, 15) is 4.79 Å². The van der Waals surface area contributed by atoms with Gasteiger partial charge in [-0.05, 0) is 20.4 Å². The molecule has 7 nitrogen and oxygen atoms in total. The summed E-state index contributed by atoms with van der Waals surface area (Å²) in [5, 5.41) is 13.8. The molecule has 2 atom stereocenters. The minimum absolute atomic E-state index is 0.00879. The van der Waals surface area contributed by atoms with Crippen molar-refractivity contribution >= 4 is 11.9 Å². The summed E-state index contributed by atoms with van der Waals surface area (Å²) in [4.78, 5) is 10.7. The van der Waals surface area contributed by atoms with Crippen molar-refractivity contribution in [3.63, 3.8) is 0 Å². The molecule has 0 aliphatic carbocycles. The topological polar surface area (TPSA) is 106 Å². The van der Waals surface area contributed by atoms with Gasteiger partial charge in [-0.1, -0.05) is 12.0 Å². The van der Waals surface area contributed by atoms with Gasteiger partial charge in [0.05, 0.1) is 6.04 Å². The minimum atomic E-state index is -0.370. The van der Waals surface area contributed by atoms with Crippen molar-refractivity contribution in [3.05, 3.63) is 5.89 Å². The Morgan fingerprint density at radius 2 is 2.18 bits per heavy atom. The van der Waals surface area contributed by atoms with E-state index in [1.54, 1.807) is 0 Å². The van der Waals surface area contributed by atoms with Gasteiger partial charge in [0.25, 0.3) is 0 Å². The van der Waals surface area contributed by atoms with Crippen molar-refractivity contribution in [1.82, 2.24) is 15.5 Å². The lowest BCUT2D eigenvalue weighted by atomic mass is 10.2. The van der Waals surface area contributed by atoms with Crippen LogP contribution in [0.5, 0.6) is 0 Å². The number of carbonyl (C=O) groups is 1. The van der Waals surface area contributed by atoms with E-state index in [2.05, 4.69) is 20.8 Å². The number of amides is 1. The number of rotatable bonds is 7. The van der Waals surface area contributed by atoms with Crippen LogP contribution in [-0.2, 0) is 4.79 Å². The van der Waals surface area contributed by atoms with Gasteiger partial charge in [-0.15, -0.1) is 5.10 Å². The van der Waals surface area contributed by atoms with Gasteiger partial charge < -0.3 is 20.8 Å². The van der Waals surface area contributed by atoms with Gasteiger partial charge in [0.1, 0.15) is 0 Å². The molecule has 0 aliphatic rings. The van der Waals surface area contributed by atoms with Crippen molar-refractivity contribution in [3.8, 4) is 0 Å². The van der Waals surface area contributed by atoms with E-state index in [-0.39, 0.29) is 24.4 Å². The number of nitrogens with zero attached hydrogens (tertiary/aromatic N) is 2. The predicted molar refractivity (Wildman–Crippen MR) is 63.3 cm³/mol. The summed E-state index contributed by atoms with van der Waals surface area (Å²) in [6.07, 6.45) is 0.223. The first-order chi connectivity index (χ1) is 8.02. The lowest BCUT2D eigenvalue weighted by Crippen LogP contribution is -2.24. The van der Waals surface area contributed by atoms with Crippen LogP contribution in [0.1, 0.15) is 39.1 Å². The molecule has 0 bridgehead atoms. The molecule has 1 aromatic rings. The van der Waals surface area contributed by atoms with Gasteiger partial charge in [-0.2, -0.15) is 0 Å². The second kappa shape index (κ2) is 6.19. The standard InChI is InChI=1S/C10H19N5O2/c1-4-12-7(3)9-14-15-10(17-9)13-6(2)5-8(11)16/h6-7,12H,4-5H2,1-3H3,(H2,11,16)(H,13,15). The van der Waals surface area contributed by atoms with Crippen LogP contribution >= 0.6 is 0 Å². The Bertz CT molecular complexity index is 365. The molecule has 2 unspecified atom stereocenters. The molecule has 1 aromatic heterocycles. The number of carbonyl (C=O) groups excluding carboxylic acids is 1. The maximum Gasteiger partial charge on any atom is 0.315 e. The summed E-state index contributed by atoms with van der Waals surface area (Å²) < 4.78 is 5.40. The first-order valence-corrected chi connectivity index (χ1v) is 5.64. The minimum Gasteiger partial charge on any atom is -0.406 e. The molecule has 17 heavy (non-hydrogen) atoms. The third-order valence-corrected chi connectivity index (χ3v) is 2.20. The molecule has 96 valence electrons. The van der Waals surface area contributed by atoms with Gasteiger partial charge in [-0.25, -0.2) is 0 Å². The highest BCUT2D eigenvalue weighted by molar-refractivity contribution is 5.74. The number of primary amides is 1. The SMILES string of the molecule is CCNC(C)c1nnc(NC(C)CC(N)=O)o1. The summed E-state index contributed by atoms with van der Waals surface area (Å²) in [6.45, 7) is 6.58. The fourth-order valence-electron chi connectivity index (χ4n) is 1.42. The van der Waals surface area contributed by atoms with Crippen LogP contribution in [-0.4, -0.2) is 28.7 Å². The number of nitrogens with one attached hydrogen (secondary N) is 2. The van der Waals surface area contributed by atoms with Gasteiger partial charge in [0, 0.05) is 12.5 Å². The van der Waals surface area contributed by atoms with E-state index in [4.69, 9.17) is 10.2 Å². The highest BCUT2D eigenvalue weighted by Crippen LogP contribution is 2.14. The zero-order valence-corrected chi connectivity index (χ0v) is 10.4. The smallest absolute Gasteiger partial charge is 0.315 e. The Kier molecular flexibility index (Phi) is 4.89. The fourth-order valence-corrected chi connectivity index (χ4v) is 1.42. The summed E-state index contributed by atoms with van der Waals surface area (Å²) in [5.41, 5.74) is 5.08. The first kappa shape index (κ1) is 13.4. The number of aromatic nitrogens is 2. The molecule has 0 spiro atoms. The molecule has 1 heterocycles. The molecule has 7 heteroatoms. The third kappa shape index (κ3) is 4.39. The van der Waals surface area contributed by atoms with Gasteiger partial charge in [0.2, 0.25) is 11.8 Å². The molecule has 1 rings (SSSR count). The van der Waals surface area contributed by atoms with Crippen LogP contribution in [0.15, 0.2) is 4.42 Å². The zero-order valence-electron chi connectivity index (χ0n) is 10.4. The molecule has 0 saturated carbocycles. The lowest BCUT2D eigenvalue weighted by molar-refractivity contribution is -0.118. The first-order valence-electron chi connectivity index (χ1n) is 5.64. The highest BCUT2D eigenvalue weighted by atomic mass is 16.4. The molecule has 4 N–H and O–H groups in total. The van der Waals surface area contributed by atoms with Crippen LogP contribution in [0.4, 0.5) is 6.01 Å². The lowest BCUT2D eigenvalue weighted by Gasteiger charge is -2.09. The Hall–Kier alpha value is -1.63. The van der Waals surface area contributed by atoms with E-state index in [0.29, 0.717) is 11.9 Å². The Balaban J connectivity index is 2.53. The number of hydrogen-bond acceptors (Lipinski definition) is 6. The molecular weight excluding hydrogens is 222 g/mol. The van der Waals surface area contributed by atoms with Crippen LogP contribution in [0.2, 0.25) is 0 Å². The average molecular weight is 241 g/mol. The van der Waals surface area contributed by atoms with Crippen molar-refractivity contribution in [2.24, 2.45) is 5.73 Å². The van der Waals surface area contributed by atoms with E-state index < -0.39 is 0 Å². The molecule has 1 amide bonds. The van der Waals surface area contributed by atoms with E-state index >= 15 is 0 Å². The number of anilines is 1. The monoisotopic (exact) mass is 241 g/mol. The van der Waals surface area contributed by atoms with Gasteiger partial charge in [0.15, 0.2) is 0 Å². The molecule has 0 fully saturated rings. The van der Waals surface area contributed by atoms with Crippen molar-refractivity contribution < 1.29 is 9.21 Å². The quantitative estimate of drug-likeness (QED) is 0.638. The van der Waals surface area contributed by atoms with E-state index in [1.165, 1.54) is 0 Å². The van der Waals surface area contributed by atoms with E-state index in [0.717, 1.165) is 6.54 Å². The average Bonchev–Trinajstić information content (AvgIpc) is 2.65. The Morgan fingerprint density at radius 3 is 2.76 bits per heavy atom. The van der Waals surface area contributed by atoms with Crippen LogP contribution in [0, 0.1) is 0 Å². The second-order valence-corrected chi connectivity index (χ2v) is 3.94. The van der Waals surface area contributed by atoms with Crippen molar-refractivity contribution in [2.45, 2.75) is 39.3 Å². The van der Waals surface area contributed by atoms with Gasteiger partial charge in [-0.3, -0.25) is 4.79 Å². The molecule has 0 saturated heterocycles. The largest absolute Gasteiger partial charge is 0.406 e. The summed E-state index contributed by atoms with van der Waals surface area (Å²) in [5.74, 6) is 0.145. The normalized spacial score (nSPS) is 14.3. The Labute approximate surface area is 100 Å². The Morgan fingerprint density at radius 1 is 1.47 bits per heavy atom. The summed E-state index contributed by atoms with van der Waals surface area (Å²) in [7, 11) is 0. The van der Waals surface area contributed by atoms with Crippen LogP contribution in [0.3, 0.4) is 0 Å². The van der Waals surface area contributed by atoms with Crippen LogP contribution < -0.4 is 16.4 Å². The van der Waals surface area contributed by atoms with Gasteiger partial charge >= 0.3 is 6.01 Å². The summed E-state index contributed by atoms with van der Waals surface area (Å²) >= 11 is 0. The van der Waals surface area contributed by atoms with Crippen molar-refractivity contribution in [1.29, 1.82) is 0 Å². The number of hydrogen-bond donors (Lipinski definition) is 3. The second-order valence-electron chi connectivity index (χ2n) is 3.94.